The number of amides is 1. The summed E-state index contributed by atoms with van der Waals surface area (Å²) >= 11 is 0. The molecule has 1 aromatic rings. The lowest BCUT2D eigenvalue weighted by Gasteiger charge is -2.38. The van der Waals surface area contributed by atoms with Crippen molar-refractivity contribution in [3.05, 3.63) is 35.4 Å². The highest BCUT2D eigenvalue weighted by molar-refractivity contribution is 5.85. The number of halogens is 2. The molecule has 1 aliphatic heterocycles. The quantitative estimate of drug-likeness (QED) is 0.883. The first-order valence-corrected chi connectivity index (χ1v) is 8.09. The zero-order chi connectivity index (χ0) is 16.3. The van der Waals surface area contributed by atoms with E-state index < -0.39 is 6.04 Å². The Bertz CT molecular complexity index is 523. The molecule has 0 bridgehead atoms. The van der Waals surface area contributed by atoms with Crippen LogP contribution in [0.3, 0.4) is 0 Å². The summed E-state index contributed by atoms with van der Waals surface area (Å²) < 4.78 is 0. The topological polar surface area (TPSA) is 49.6 Å². The van der Waals surface area contributed by atoms with Crippen molar-refractivity contribution in [1.82, 2.24) is 9.80 Å². The predicted octanol–water partition coefficient (Wildman–Crippen LogP) is 2.86. The van der Waals surface area contributed by atoms with E-state index in [0.717, 1.165) is 32.7 Å². The Morgan fingerprint density at radius 3 is 2.25 bits per heavy atom. The minimum absolute atomic E-state index is 0. The van der Waals surface area contributed by atoms with Crippen molar-refractivity contribution >= 4 is 30.7 Å². The monoisotopic (exact) mass is 375 g/mol. The Morgan fingerprint density at radius 1 is 1.17 bits per heavy atom. The Morgan fingerprint density at radius 2 is 1.75 bits per heavy atom. The van der Waals surface area contributed by atoms with Crippen LogP contribution in [0.1, 0.15) is 31.9 Å². The summed E-state index contributed by atoms with van der Waals surface area (Å²) in [5, 5.41) is 0. The van der Waals surface area contributed by atoms with Gasteiger partial charge in [0.2, 0.25) is 5.91 Å². The van der Waals surface area contributed by atoms with Crippen LogP contribution < -0.4 is 5.73 Å². The van der Waals surface area contributed by atoms with Crippen molar-refractivity contribution in [3.8, 4) is 0 Å². The molecule has 1 atom stereocenters. The molecule has 6 heteroatoms. The second kappa shape index (κ2) is 9.62. The van der Waals surface area contributed by atoms with Crippen LogP contribution in [-0.4, -0.2) is 47.9 Å². The number of hydrogen-bond acceptors (Lipinski definition) is 3. The average molecular weight is 376 g/mol. The lowest BCUT2D eigenvalue weighted by atomic mass is 9.86. The molecule has 1 heterocycles. The van der Waals surface area contributed by atoms with Gasteiger partial charge in [0.05, 0.1) is 6.04 Å². The molecule has 0 saturated carbocycles. The molecule has 1 aromatic carbocycles. The fourth-order valence-corrected chi connectivity index (χ4v) is 2.76. The highest BCUT2D eigenvalue weighted by Gasteiger charge is 2.32. The van der Waals surface area contributed by atoms with E-state index in [2.05, 4.69) is 36.1 Å². The molecular formula is C18H31Cl2N3O. The Labute approximate surface area is 158 Å². The van der Waals surface area contributed by atoms with Gasteiger partial charge in [0.1, 0.15) is 0 Å². The van der Waals surface area contributed by atoms with Crippen molar-refractivity contribution in [2.45, 2.75) is 40.3 Å². The average Bonchev–Trinajstić information content (AvgIpc) is 2.45. The van der Waals surface area contributed by atoms with Crippen molar-refractivity contribution in [2.75, 3.05) is 26.2 Å². The van der Waals surface area contributed by atoms with Crippen molar-refractivity contribution in [3.63, 3.8) is 0 Å². The maximum atomic E-state index is 12.4. The molecule has 138 valence electrons. The van der Waals surface area contributed by atoms with Gasteiger partial charge in [-0.3, -0.25) is 9.69 Å². The fraction of sp³-hybridized carbons (Fsp3) is 0.611. The van der Waals surface area contributed by atoms with Crippen LogP contribution in [0, 0.1) is 12.3 Å². The minimum atomic E-state index is -0.421. The van der Waals surface area contributed by atoms with Gasteiger partial charge in [-0.25, -0.2) is 0 Å². The summed E-state index contributed by atoms with van der Waals surface area (Å²) in [5.74, 6) is 0.0858. The minimum Gasteiger partial charge on any atom is -0.339 e. The SMILES string of the molecule is Cc1cccc(CN2CCN(C(=O)[C@@H](N)C(C)(C)C)CC2)c1.Cl.Cl. The summed E-state index contributed by atoms with van der Waals surface area (Å²) in [5.41, 5.74) is 8.54. The van der Waals surface area contributed by atoms with Crippen LogP contribution >= 0.6 is 24.8 Å². The molecule has 0 radical (unpaired) electrons. The molecule has 1 amide bonds. The van der Waals surface area contributed by atoms with Crippen molar-refractivity contribution in [1.29, 1.82) is 0 Å². The normalized spacial score (nSPS) is 16.8. The highest BCUT2D eigenvalue weighted by atomic mass is 35.5. The maximum Gasteiger partial charge on any atom is 0.240 e. The lowest BCUT2D eigenvalue weighted by molar-refractivity contribution is -0.136. The lowest BCUT2D eigenvalue weighted by Crippen LogP contribution is -2.56. The van der Waals surface area contributed by atoms with E-state index in [0.29, 0.717) is 0 Å². The molecule has 4 nitrogen and oxygen atoms in total. The molecular weight excluding hydrogens is 345 g/mol. The third kappa shape index (κ3) is 6.25. The summed E-state index contributed by atoms with van der Waals surface area (Å²) in [6, 6.07) is 8.20. The Hall–Kier alpha value is -0.810. The number of nitrogens with two attached hydrogens (primary N) is 1. The first-order valence-electron chi connectivity index (χ1n) is 8.09. The number of rotatable bonds is 3. The van der Waals surface area contributed by atoms with E-state index in [9.17, 15) is 4.79 Å². The number of nitrogens with zero attached hydrogens (tertiary/aromatic N) is 2. The standard InChI is InChI=1S/C18H29N3O.2ClH/c1-14-6-5-7-15(12-14)13-20-8-10-21(11-9-20)17(22)16(19)18(2,3)4;;/h5-7,12,16H,8-11,13,19H2,1-4H3;2*1H/t16-;;/m1../s1. The van der Waals surface area contributed by atoms with Gasteiger partial charge in [-0.2, -0.15) is 0 Å². The summed E-state index contributed by atoms with van der Waals surface area (Å²) in [4.78, 5) is 16.8. The van der Waals surface area contributed by atoms with Crippen molar-refractivity contribution < 1.29 is 4.79 Å². The van der Waals surface area contributed by atoms with Crippen LogP contribution in [0.5, 0.6) is 0 Å². The molecule has 0 unspecified atom stereocenters. The molecule has 0 spiro atoms. The van der Waals surface area contributed by atoms with Gasteiger partial charge in [-0.1, -0.05) is 50.6 Å². The van der Waals surface area contributed by atoms with E-state index in [4.69, 9.17) is 5.73 Å². The number of benzene rings is 1. The Balaban J connectivity index is 0.00000264. The van der Waals surface area contributed by atoms with E-state index in [-0.39, 0.29) is 36.1 Å². The van der Waals surface area contributed by atoms with Gasteiger partial charge in [0.15, 0.2) is 0 Å². The zero-order valence-corrected chi connectivity index (χ0v) is 16.8. The smallest absolute Gasteiger partial charge is 0.240 e. The number of piperazine rings is 1. The van der Waals surface area contributed by atoms with Gasteiger partial charge in [0, 0.05) is 32.7 Å². The van der Waals surface area contributed by atoms with Gasteiger partial charge < -0.3 is 10.6 Å². The molecule has 1 aliphatic rings. The second-order valence-corrected chi connectivity index (χ2v) is 7.43. The third-order valence-electron chi connectivity index (χ3n) is 4.37. The number of carbonyl (C=O) groups is 1. The van der Waals surface area contributed by atoms with Gasteiger partial charge in [-0.15, -0.1) is 24.8 Å². The van der Waals surface area contributed by atoms with E-state index in [1.165, 1.54) is 11.1 Å². The van der Waals surface area contributed by atoms with Crippen LogP contribution in [-0.2, 0) is 11.3 Å². The molecule has 24 heavy (non-hydrogen) atoms. The molecule has 2 rings (SSSR count). The molecule has 0 aromatic heterocycles. The summed E-state index contributed by atoms with van der Waals surface area (Å²) in [7, 11) is 0. The van der Waals surface area contributed by atoms with Gasteiger partial charge in [0.25, 0.3) is 0 Å². The number of hydrogen-bond donors (Lipinski definition) is 1. The number of carbonyl (C=O) groups excluding carboxylic acids is 1. The van der Waals surface area contributed by atoms with Gasteiger partial charge in [-0.05, 0) is 17.9 Å². The van der Waals surface area contributed by atoms with Crippen LogP contribution in [0.4, 0.5) is 0 Å². The zero-order valence-electron chi connectivity index (χ0n) is 15.1. The third-order valence-corrected chi connectivity index (χ3v) is 4.37. The molecule has 2 N–H and O–H groups in total. The Kier molecular flexibility index (Phi) is 9.29. The van der Waals surface area contributed by atoms with Crippen LogP contribution in [0.25, 0.3) is 0 Å². The first-order chi connectivity index (χ1) is 10.3. The summed E-state index contributed by atoms with van der Waals surface area (Å²) in [6.45, 7) is 12.5. The van der Waals surface area contributed by atoms with Crippen LogP contribution in [0.15, 0.2) is 24.3 Å². The largest absolute Gasteiger partial charge is 0.339 e. The van der Waals surface area contributed by atoms with Gasteiger partial charge >= 0.3 is 0 Å². The molecule has 1 fully saturated rings. The van der Waals surface area contributed by atoms with E-state index in [1.807, 2.05) is 25.7 Å². The first kappa shape index (κ1) is 23.2. The molecule has 0 aliphatic carbocycles. The maximum absolute atomic E-state index is 12.4. The van der Waals surface area contributed by atoms with Crippen LogP contribution in [0.2, 0.25) is 0 Å². The highest BCUT2D eigenvalue weighted by Crippen LogP contribution is 2.20. The van der Waals surface area contributed by atoms with E-state index >= 15 is 0 Å². The van der Waals surface area contributed by atoms with Crippen molar-refractivity contribution in [2.24, 2.45) is 11.1 Å². The fourth-order valence-electron chi connectivity index (χ4n) is 2.76. The number of aryl methyl sites for hydroxylation is 1. The van der Waals surface area contributed by atoms with E-state index in [1.54, 1.807) is 0 Å². The molecule has 1 saturated heterocycles. The second-order valence-electron chi connectivity index (χ2n) is 7.43. The summed E-state index contributed by atoms with van der Waals surface area (Å²) in [6.07, 6.45) is 0. The predicted molar refractivity (Wildman–Crippen MR) is 105 cm³/mol.